The number of hydrogen-bond donors (Lipinski definition) is 1. The van der Waals surface area contributed by atoms with Gasteiger partial charge in [-0.2, -0.15) is 0 Å². The quantitative estimate of drug-likeness (QED) is 0.873. The zero-order valence-corrected chi connectivity index (χ0v) is 13.3. The summed E-state index contributed by atoms with van der Waals surface area (Å²) in [6.07, 6.45) is 0.976. The van der Waals surface area contributed by atoms with E-state index in [-0.39, 0.29) is 16.9 Å². The van der Waals surface area contributed by atoms with Gasteiger partial charge in [0.15, 0.2) is 0 Å². The highest BCUT2D eigenvalue weighted by atomic mass is 19.1. The van der Waals surface area contributed by atoms with E-state index in [1.165, 1.54) is 12.1 Å². The molecule has 0 aromatic heterocycles. The molecule has 0 bridgehead atoms. The molecular weight excluding hydrogens is 289 g/mol. The van der Waals surface area contributed by atoms with E-state index in [1.54, 1.807) is 0 Å². The Labute approximate surface area is 129 Å². The first-order valence-electron chi connectivity index (χ1n) is 7.65. The highest BCUT2D eigenvalue weighted by molar-refractivity contribution is 6.62. The predicted molar refractivity (Wildman–Crippen MR) is 79.8 cm³/mol. The summed E-state index contributed by atoms with van der Waals surface area (Å²) in [7, 11) is -1.09. The van der Waals surface area contributed by atoms with E-state index in [0.717, 1.165) is 12.8 Å². The molecular formula is C16H21BF2O3. The monoisotopic (exact) mass is 310 g/mol. The average molecular weight is 310 g/mol. The molecule has 6 heteroatoms. The molecule has 22 heavy (non-hydrogen) atoms. The van der Waals surface area contributed by atoms with Crippen LogP contribution < -0.4 is 5.46 Å². The van der Waals surface area contributed by atoms with Gasteiger partial charge in [0, 0.05) is 0 Å². The maximum Gasteiger partial charge on any atom is 0.500 e. The van der Waals surface area contributed by atoms with Crippen molar-refractivity contribution in [2.24, 2.45) is 5.92 Å². The van der Waals surface area contributed by atoms with E-state index in [2.05, 4.69) is 0 Å². The number of rotatable bonds is 3. The molecule has 1 aromatic rings. The van der Waals surface area contributed by atoms with Crippen LogP contribution in [0.15, 0.2) is 12.1 Å². The first-order valence-corrected chi connectivity index (χ1v) is 7.65. The van der Waals surface area contributed by atoms with Gasteiger partial charge in [-0.05, 0) is 64.2 Å². The van der Waals surface area contributed by atoms with Crippen LogP contribution in [0.1, 0.15) is 52.2 Å². The maximum absolute atomic E-state index is 14.4. The van der Waals surface area contributed by atoms with Gasteiger partial charge in [0.05, 0.1) is 22.8 Å². The SMILES string of the molecule is CC1(C)OB(c2c(F)cc(C(O)C3CC3)cc2F)OC1(C)C. The molecule has 1 saturated heterocycles. The minimum atomic E-state index is -1.09. The lowest BCUT2D eigenvalue weighted by Crippen LogP contribution is -2.41. The van der Waals surface area contributed by atoms with E-state index in [0.29, 0.717) is 0 Å². The molecule has 1 unspecified atom stereocenters. The van der Waals surface area contributed by atoms with Crippen molar-refractivity contribution in [2.45, 2.75) is 57.8 Å². The third-order valence-electron chi connectivity index (χ3n) is 5.00. The maximum atomic E-state index is 14.4. The van der Waals surface area contributed by atoms with Crippen molar-refractivity contribution in [1.82, 2.24) is 0 Å². The smallest absolute Gasteiger partial charge is 0.399 e. The minimum Gasteiger partial charge on any atom is -0.399 e. The summed E-state index contributed by atoms with van der Waals surface area (Å²) in [6.45, 7) is 7.31. The molecule has 1 aliphatic heterocycles. The second kappa shape index (κ2) is 5.01. The lowest BCUT2D eigenvalue weighted by Gasteiger charge is -2.32. The van der Waals surface area contributed by atoms with Gasteiger partial charge < -0.3 is 14.4 Å². The van der Waals surface area contributed by atoms with Gasteiger partial charge >= 0.3 is 7.12 Å². The summed E-state index contributed by atoms with van der Waals surface area (Å²) >= 11 is 0. The van der Waals surface area contributed by atoms with Crippen LogP contribution in [-0.4, -0.2) is 23.4 Å². The lowest BCUT2D eigenvalue weighted by atomic mass is 9.77. The van der Waals surface area contributed by atoms with Gasteiger partial charge in [0.25, 0.3) is 0 Å². The first kappa shape index (κ1) is 15.9. The van der Waals surface area contributed by atoms with E-state index in [9.17, 15) is 13.9 Å². The largest absolute Gasteiger partial charge is 0.500 e. The van der Waals surface area contributed by atoms with Crippen LogP contribution in [0, 0.1) is 17.6 Å². The standard InChI is InChI=1S/C16H21BF2O3/c1-15(2)16(3,4)22-17(21-15)13-11(18)7-10(8-12(13)19)14(20)9-5-6-9/h7-9,14,20H,5-6H2,1-4H3. The molecule has 120 valence electrons. The number of aliphatic hydroxyl groups is 1. The molecule has 1 saturated carbocycles. The summed E-state index contributed by atoms with van der Waals surface area (Å²) < 4.78 is 40.2. The van der Waals surface area contributed by atoms with Crippen molar-refractivity contribution in [3.63, 3.8) is 0 Å². The minimum absolute atomic E-state index is 0.112. The lowest BCUT2D eigenvalue weighted by molar-refractivity contribution is 0.00578. The Morgan fingerprint density at radius 3 is 1.95 bits per heavy atom. The van der Waals surface area contributed by atoms with Crippen LogP contribution in [0.25, 0.3) is 0 Å². The fraction of sp³-hybridized carbons (Fsp3) is 0.625. The molecule has 3 nitrogen and oxygen atoms in total. The zero-order valence-electron chi connectivity index (χ0n) is 13.3. The Hall–Kier alpha value is -0.975. The Kier molecular flexibility index (Phi) is 3.62. The molecule has 3 rings (SSSR count). The number of hydrogen-bond acceptors (Lipinski definition) is 3. The first-order chi connectivity index (χ1) is 10.1. The Morgan fingerprint density at radius 1 is 1.09 bits per heavy atom. The van der Waals surface area contributed by atoms with Gasteiger partial charge in [-0.3, -0.25) is 0 Å². The fourth-order valence-electron chi connectivity index (χ4n) is 2.64. The van der Waals surface area contributed by atoms with Gasteiger partial charge in [0.2, 0.25) is 0 Å². The summed E-state index contributed by atoms with van der Waals surface area (Å²) in [5, 5.41) is 10.0. The molecule has 1 N–H and O–H groups in total. The molecule has 2 aliphatic rings. The van der Waals surface area contributed by atoms with Crippen molar-refractivity contribution < 1.29 is 23.2 Å². The van der Waals surface area contributed by atoms with E-state index >= 15 is 0 Å². The summed E-state index contributed by atoms with van der Waals surface area (Å²) in [4.78, 5) is 0. The van der Waals surface area contributed by atoms with Crippen LogP contribution in [0.4, 0.5) is 8.78 Å². The van der Waals surface area contributed by atoms with Crippen LogP contribution in [0.2, 0.25) is 0 Å². The molecule has 2 fully saturated rings. The molecule has 0 amide bonds. The van der Waals surface area contributed by atoms with Crippen molar-refractivity contribution in [1.29, 1.82) is 0 Å². The Morgan fingerprint density at radius 2 is 1.55 bits per heavy atom. The molecule has 1 atom stereocenters. The zero-order chi connectivity index (χ0) is 16.3. The summed E-state index contributed by atoms with van der Waals surface area (Å²) in [5.41, 5.74) is -1.28. The molecule has 1 aromatic carbocycles. The Bertz CT molecular complexity index is 560. The normalized spacial score (nSPS) is 24.6. The van der Waals surface area contributed by atoms with Crippen molar-refractivity contribution >= 4 is 12.6 Å². The molecule has 0 spiro atoms. The second-order valence-electron chi connectivity index (χ2n) is 7.27. The average Bonchev–Trinajstić information content (AvgIpc) is 3.16. The van der Waals surface area contributed by atoms with Crippen LogP contribution in [0.3, 0.4) is 0 Å². The van der Waals surface area contributed by atoms with Crippen molar-refractivity contribution in [3.05, 3.63) is 29.3 Å². The van der Waals surface area contributed by atoms with E-state index in [1.807, 2.05) is 27.7 Å². The molecule has 0 radical (unpaired) electrons. The van der Waals surface area contributed by atoms with E-state index < -0.39 is 36.1 Å². The van der Waals surface area contributed by atoms with Gasteiger partial charge in [-0.15, -0.1) is 0 Å². The van der Waals surface area contributed by atoms with E-state index in [4.69, 9.17) is 9.31 Å². The predicted octanol–water partition coefficient (Wildman–Crippen LogP) is 2.71. The molecule has 1 heterocycles. The topological polar surface area (TPSA) is 38.7 Å². The highest BCUT2D eigenvalue weighted by Gasteiger charge is 2.53. The van der Waals surface area contributed by atoms with Gasteiger partial charge in [-0.1, -0.05) is 0 Å². The van der Waals surface area contributed by atoms with Gasteiger partial charge in [0.1, 0.15) is 11.6 Å². The third-order valence-corrected chi connectivity index (χ3v) is 5.00. The second-order valence-corrected chi connectivity index (χ2v) is 7.27. The molecule has 1 aliphatic carbocycles. The highest BCUT2D eigenvalue weighted by Crippen LogP contribution is 2.41. The van der Waals surface area contributed by atoms with Crippen LogP contribution in [0.5, 0.6) is 0 Å². The van der Waals surface area contributed by atoms with Crippen molar-refractivity contribution in [3.8, 4) is 0 Å². The number of benzene rings is 1. The number of aliphatic hydroxyl groups excluding tert-OH is 1. The van der Waals surface area contributed by atoms with Crippen molar-refractivity contribution in [2.75, 3.05) is 0 Å². The summed E-state index contributed by atoms with van der Waals surface area (Å²) in [6, 6.07) is 2.37. The fourth-order valence-corrected chi connectivity index (χ4v) is 2.64. The van der Waals surface area contributed by atoms with Gasteiger partial charge in [-0.25, -0.2) is 8.78 Å². The van der Waals surface area contributed by atoms with Crippen LogP contribution in [-0.2, 0) is 9.31 Å². The van der Waals surface area contributed by atoms with Crippen LogP contribution >= 0.6 is 0 Å². The number of halogens is 2. The summed E-state index contributed by atoms with van der Waals surface area (Å²) in [5.74, 6) is -1.37. The Balaban J connectivity index is 1.92. The third kappa shape index (κ3) is 2.57.